The van der Waals surface area contributed by atoms with E-state index >= 15 is 0 Å². The second-order valence-corrected chi connectivity index (χ2v) is 12.1. The lowest BCUT2D eigenvalue weighted by Gasteiger charge is -2.14. The molecule has 7 rings (SSSR count). The Morgan fingerprint density at radius 2 is 0.979 bits per heavy atom. The molecule has 0 atom stereocenters. The number of aromatic nitrogens is 1. The summed E-state index contributed by atoms with van der Waals surface area (Å²) in [4.78, 5) is 9.65. The van der Waals surface area contributed by atoms with E-state index in [1.165, 1.54) is 16.3 Å². The molecule has 0 saturated heterocycles. The van der Waals surface area contributed by atoms with Crippen LogP contribution in [0.3, 0.4) is 0 Å². The van der Waals surface area contributed by atoms with Gasteiger partial charge in [0.25, 0.3) is 0 Å². The number of hydrogen-bond acceptors (Lipinski definition) is 3. The van der Waals surface area contributed by atoms with Crippen LogP contribution in [-0.4, -0.2) is 16.9 Å². The van der Waals surface area contributed by atoms with Crippen LogP contribution in [0.15, 0.2) is 174 Å². The predicted octanol–water partition coefficient (Wildman–Crippen LogP) is 11.9. The first-order chi connectivity index (χ1) is 23.5. The number of rotatable bonds is 8. The zero-order valence-corrected chi connectivity index (χ0v) is 27.1. The van der Waals surface area contributed by atoms with Gasteiger partial charge in [-0.1, -0.05) is 121 Å². The van der Waals surface area contributed by atoms with Gasteiger partial charge in [-0.3, -0.25) is 4.99 Å². The fourth-order valence-corrected chi connectivity index (χ4v) is 6.00. The van der Waals surface area contributed by atoms with Crippen molar-refractivity contribution in [3.8, 4) is 55.9 Å². The molecule has 48 heavy (non-hydrogen) atoms. The van der Waals surface area contributed by atoms with Crippen molar-refractivity contribution in [1.82, 2.24) is 4.98 Å². The van der Waals surface area contributed by atoms with Gasteiger partial charge in [0.15, 0.2) is 0 Å². The molecule has 0 bridgehead atoms. The van der Waals surface area contributed by atoms with E-state index in [1.54, 1.807) is 13.0 Å². The highest BCUT2D eigenvalue weighted by molar-refractivity contribution is 5.92. The van der Waals surface area contributed by atoms with Crippen LogP contribution in [0.4, 0.5) is 0 Å². The van der Waals surface area contributed by atoms with Gasteiger partial charge in [-0.15, -0.1) is 0 Å². The van der Waals surface area contributed by atoms with E-state index in [9.17, 15) is 0 Å². The topological polar surface area (TPSA) is 49.1 Å². The number of benzene rings is 6. The van der Waals surface area contributed by atoms with Crippen molar-refractivity contribution in [2.45, 2.75) is 13.8 Å². The minimum absolute atomic E-state index is 0.489. The van der Waals surface area contributed by atoms with E-state index < -0.39 is 0 Å². The number of allylic oxidation sites excluding steroid dienone is 2. The maximum Gasteiger partial charge on any atom is 0.0715 e. The first-order valence-corrected chi connectivity index (χ1v) is 16.1. The Bertz CT molecular complexity index is 2240. The van der Waals surface area contributed by atoms with Crippen LogP contribution in [0, 0.1) is 5.41 Å². The van der Waals surface area contributed by atoms with E-state index in [4.69, 9.17) is 10.4 Å². The van der Waals surface area contributed by atoms with Gasteiger partial charge in [0.2, 0.25) is 0 Å². The van der Waals surface area contributed by atoms with Gasteiger partial charge in [-0.05, 0) is 106 Å². The van der Waals surface area contributed by atoms with E-state index in [1.807, 2.05) is 25.3 Å². The summed E-state index contributed by atoms with van der Waals surface area (Å²) in [5.74, 6) is 0. The molecule has 0 amide bonds. The third-order valence-electron chi connectivity index (χ3n) is 8.40. The Balaban J connectivity index is 1.38. The van der Waals surface area contributed by atoms with E-state index in [0.29, 0.717) is 5.71 Å². The highest BCUT2D eigenvalue weighted by Gasteiger charge is 2.13. The van der Waals surface area contributed by atoms with Crippen LogP contribution in [-0.2, 0) is 0 Å². The van der Waals surface area contributed by atoms with Crippen LogP contribution >= 0.6 is 0 Å². The molecule has 0 aliphatic rings. The molecule has 0 saturated carbocycles. The van der Waals surface area contributed by atoms with Gasteiger partial charge in [0.1, 0.15) is 0 Å². The summed E-state index contributed by atoms with van der Waals surface area (Å²) < 4.78 is 0. The highest BCUT2D eigenvalue weighted by atomic mass is 14.7. The zero-order valence-electron chi connectivity index (χ0n) is 27.1. The molecule has 0 fully saturated rings. The van der Waals surface area contributed by atoms with E-state index in [-0.39, 0.29) is 0 Å². The molecule has 7 aromatic rings. The molecule has 0 aliphatic carbocycles. The number of pyridine rings is 1. The fourth-order valence-electron chi connectivity index (χ4n) is 6.00. The first kappa shape index (κ1) is 30.5. The standard InChI is InChI=1S/C45H35N3/c1-31(46)23-32(2)47-30-33-17-19-35(20-18-33)40-25-41(39-22-21-34-11-9-10-16-38(34)24-39)27-42(26-40)43-28-44(36-12-5-3-6-13-36)48-45(29-43)37-14-7-4-8-15-37/h3-30,46H,1-2H3/b32-23-,46-31?,47-30+. The summed E-state index contributed by atoms with van der Waals surface area (Å²) >= 11 is 0. The van der Waals surface area contributed by atoms with Gasteiger partial charge in [0.05, 0.1) is 11.4 Å². The average Bonchev–Trinajstić information content (AvgIpc) is 3.14. The van der Waals surface area contributed by atoms with E-state index in [0.717, 1.165) is 61.6 Å². The number of aliphatic imine (C=N–C) groups is 1. The Morgan fingerprint density at radius 3 is 1.58 bits per heavy atom. The second-order valence-electron chi connectivity index (χ2n) is 12.1. The largest absolute Gasteiger partial charge is 0.306 e. The molecule has 230 valence electrons. The number of nitrogens with one attached hydrogen (secondary N) is 1. The third kappa shape index (κ3) is 6.96. The van der Waals surface area contributed by atoms with Gasteiger partial charge < -0.3 is 5.41 Å². The third-order valence-corrected chi connectivity index (χ3v) is 8.40. The molecule has 1 heterocycles. The Hall–Kier alpha value is -6.19. The summed E-state index contributed by atoms with van der Waals surface area (Å²) in [6.07, 6.45) is 3.61. The van der Waals surface area contributed by atoms with Gasteiger partial charge in [-0.25, -0.2) is 4.98 Å². The van der Waals surface area contributed by atoms with Crippen LogP contribution < -0.4 is 0 Å². The predicted molar refractivity (Wildman–Crippen MR) is 204 cm³/mol. The first-order valence-electron chi connectivity index (χ1n) is 16.1. The van der Waals surface area contributed by atoms with Crippen LogP contribution in [0.5, 0.6) is 0 Å². The normalized spacial score (nSPS) is 11.7. The lowest BCUT2D eigenvalue weighted by Crippen LogP contribution is -1.92. The van der Waals surface area contributed by atoms with Crippen LogP contribution in [0.2, 0.25) is 0 Å². The van der Waals surface area contributed by atoms with Crippen molar-refractivity contribution in [3.05, 3.63) is 175 Å². The SMILES string of the molecule is CC(=N)/C=C(C)\N=C\c1ccc(-c2cc(-c3cc(-c4ccccc4)nc(-c4ccccc4)c3)cc(-c3ccc4ccccc4c3)c2)cc1. The quantitative estimate of drug-likeness (QED) is 0.169. The lowest BCUT2D eigenvalue weighted by atomic mass is 9.91. The molecule has 0 unspecified atom stereocenters. The van der Waals surface area contributed by atoms with Crippen molar-refractivity contribution < 1.29 is 0 Å². The second kappa shape index (κ2) is 13.7. The van der Waals surface area contributed by atoms with Crippen LogP contribution in [0.25, 0.3) is 66.7 Å². The molecule has 1 N–H and O–H groups in total. The monoisotopic (exact) mass is 617 g/mol. The maximum atomic E-state index is 7.69. The lowest BCUT2D eigenvalue weighted by molar-refractivity contribution is 1.31. The zero-order chi connectivity index (χ0) is 32.9. The van der Waals surface area contributed by atoms with Gasteiger partial charge >= 0.3 is 0 Å². The molecular formula is C45H35N3. The molecule has 0 aliphatic heterocycles. The molecule has 3 nitrogen and oxygen atoms in total. The van der Waals surface area contributed by atoms with E-state index in [2.05, 4.69) is 151 Å². The molecule has 3 heteroatoms. The molecule has 1 aromatic heterocycles. The van der Waals surface area contributed by atoms with Crippen molar-refractivity contribution in [1.29, 1.82) is 5.41 Å². The smallest absolute Gasteiger partial charge is 0.0715 e. The summed E-state index contributed by atoms with van der Waals surface area (Å²) in [6, 6.07) is 55.8. The molecule has 6 aromatic carbocycles. The van der Waals surface area contributed by atoms with Crippen LogP contribution in [0.1, 0.15) is 19.4 Å². The van der Waals surface area contributed by atoms with Crippen molar-refractivity contribution >= 4 is 22.7 Å². The minimum Gasteiger partial charge on any atom is -0.306 e. The number of fused-ring (bicyclic) bond motifs is 1. The highest BCUT2D eigenvalue weighted by Crippen LogP contribution is 2.36. The fraction of sp³-hybridized carbons (Fsp3) is 0.0444. The summed E-state index contributed by atoms with van der Waals surface area (Å²) in [7, 11) is 0. The number of hydrogen-bond donors (Lipinski definition) is 1. The minimum atomic E-state index is 0.489. The average molecular weight is 618 g/mol. The summed E-state index contributed by atoms with van der Waals surface area (Å²) in [5, 5.41) is 10.1. The Kier molecular flexibility index (Phi) is 8.67. The van der Waals surface area contributed by atoms with Crippen molar-refractivity contribution in [2.75, 3.05) is 0 Å². The molecule has 0 radical (unpaired) electrons. The Morgan fingerprint density at radius 1 is 0.479 bits per heavy atom. The molecule has 0 spiro atoms. The summed E-state index contributed by atoms with van der Waals surface area (Å²) in [6.45, 7) is 3.67. The van der Waals surface area contributed by atoms with Crippen molar-refractivity contribution in [3.63, 3.8) is 0 Å². The summed E-state index contributed by atoms with van der Waals surface area (Å²) in [5.41, 5.74) is 13.2. The number of nitrogens with zero attached hydrogens (tertiary/aromatic N) is 2. The van der Waals surface area contributed by atoms with Crippen molar-refractivity contribution in [2.24, 2.45) is 4.99 Å². The molecular weight excluding hydrogens is 583 g/mol. The van der Waals surface area contributed by atoms with Gasteiger partial charge in [0, 0.05) is 28.8 Å². The van der Waals surface area contributed by atoms with Gasteiger partial charge in [-0.2, -0.15) is 0 Å². The maximum absolute atomic E-state index is 7.69. The Labute approximate surface area is 282 Å².